The summed E-state index contributed by atoms with van der Waals surface area (Å²) in [5, 5.41) is 12.0. The number of ether oxygens (including phenoxy) is 2. The van der Waals surface area contributed by atoms with Crippen LogP contribution in [0.5, 0.6) is 16.6 Å². The highest BCUT2D eigenvalue weighted by atomic mass is 32.1. The van der Waals surface area contributed by atoms with Gasteiger partial charge in [0.1, 0.15) is 24.0 Å². The van der Waals surface area contributed by atoms with E-state index in [1.54, 1.807) is 48.5 Å². The molecule has 2 aromatic carbocycles. The summed E-state index contributed by atoms with van der Waals surface area (Å²) >= 11 is 1.51. The zero-order valence-electron chi connectivity index (χ0n) is 13.3. The molecule has 1 heterocycles. The highest BCUT2D eigenvalue weighted by molar-refractivity contribution is 7.11. The van der Waals surface area contributed by atoms with Crippen LogP contribution in [0.1, 0.15) is 11.5 Å². The summed E-state index contributed by atoms with van der Waals surface area (Å²) in [6.45, 7) is -0.155. The predicted octanol–water partition coefficient (Wildman–Crippen LogP) is 4.80. The van der Waals surface area contributed by atoms with Crippen molar-refractivity contribution < 1.29 is 14.3 Å². The van der Waals surface area contributed by atoms with Crippen LogP contribution >= 0.6 is 11.3 Å². The van der Waals surface area contributed by atoms with Gasteiger partial charge in [-0.15, -0.1) is 11.3 Å². The third-order valence-electron chi connectivity index (χ3n) is 3.50. The predicted molar refractivity (Wildman–Crippen MR) is 96.1 cm³/mol. The number of hydrogen-bond donors (Lipinski definition) is 0. The first-order valence-corrected chi connectivity index (χ1v) is 8.56. The average Bonchev–Trinajstić information content (AvgIpc) is 3.16. The van der Waals surface area contributed by atoms with Crippen molar-refractivity contribution in [2.24, 2.45) is 0 Å². The normalized spacial score (nSPS) is 11.3. The van der Waals surface area contributed by atoms with E-state index < -0.39 is 5.92 Å². The van der Waals surface area contributed by atoms with Gasteiger partial charge < -0.3 is 9.47 Å². The molecule has 1 unspecified atom stereocenters. The fourth-order valence-corrected chi connectivity index (χ4v) is 2.85. The lowest BCUT2D eigenvalue weighted by Crippen LogP contribution is -2.19. The molecule has 0 spiro atoms. The third kappa shape index (κ3) is 4.46. The fraction of sp³-hybridized carbons (Fsp3) is 0.100. The van der Waals surface area contributed by atoms with Crippen molar-refractivity contribution in [1.82, 2.24) is 0 Å². The van der Waals surface area contributed by atoms with Crippen LogP contribution in [0.15, 0.2) is 72.1 Å². The molecule has 0 aliphatic heterocycles. The van der Waals surface area contributed by atoms with Gasteiger partial charge in [-0.2, -0.15) is 5.26 Å². The Morgan fingerprint density at radius 2 is 1.72 bits per heavy atom. The van der Waals surface area contributed by atoms with Crippen molar-refractivity contribution >= 4 is 17.1 Å². The molecule has 25 heavy (non-hydrogen) atoms. The molecule has 0 fully saturated rings. The summed E-state index contributed by atoms with van der Waals surface area (Å²) in [6.07, 6.45) is 0. The minimum atomic E-state index is -0.817. The van der Waals surface area contributed by atoms with Crippen LogP contribution in [0.2, 0.25) is 0 Å². The second-order valence-electron chi connectivity index (χ2n) is 5.23. The summed E-state index contributed by atoms with van der Waals surface area (Å²) in [4.78, 5) is 12.3. The van der Waals surface area contributed by atoms with E-state index in [0.717, 1.165) is 5.06 Å². The van der Waals surface area contributed by atoms with Gasteiger partial charge in [-0.1, -0.05) is 30.3 Å². The number of carbonyl (C=O) groups is 1. The number of carbonyl (C=O) groups excluding carboxylic acids is 1. The molecule has 5 heteroatoms. The third-order valence-corrected chi connectivity index (χ3v) is 4.25. The minimum absolute atomic E-state index is 0.155. The van der Waals surface area contributed by atoms with E-state index in [9.17, 15) is 10.1 Å². The molecule has 0 saturated carbocycles. The molecule has 3 aromatic rings. The van der Waals surface area contributed by atoms with Gasteiger partial charge in [0, 0.05) is 0 Å². The molecule has 0 saturated heterocycles. The van der Waals surface area contributed by atoms with Crippen LogP contribution in [-0.2, 0) is 4.79 Å². The number of hydrogen-bond acceptors (Lipinski definition) is 5. The molecule has 124 valence electrons. The van der Waals surface area contributed by atoms with Gasteiger partial charge in [-0.25, -0.2) is 0 Å². The van der Waals surface area contributed by atoms with Crippen LogP contribution in [0, 0.1) is 11.3 Å². The molecule has 1 aromatic heterocycles. The SMILES string of the molecule is N#CC(C(=O)COc1ccc(Oc2cccs2)cc1)c1ccccc1. The van der Waals surface area contributed by atoms with Crippen LogP contribution in [0.4, 0.5) is 0 Å². The summed E-state index contributed by atoms with van der Waals surface area (Å²) in [6, 6.07) is 21.9. The second kappa shape index (κ2) is 8.13. The van der Waals surface area contributed by atoms with E-state index >= 15 is 0 Å². The van der Waals surface area contributed by atoms with Crippen molar-refractivity contribution in [2.75, 3.05) is 6.61 Å². The van der Waals surface area contributed by atoms with Crippen LogP contribution in [0.3, 0.4) is 0 Å². The van der Waals surface area contributed by atoms with Gasteiger partial charge in [-0.05, 0) is 47.3 Å². The van der Waals surface area contributed by atoms with E-state index in [1.807, 2.05) is 29.6 Å². The van der Waals surface area contributed by atoms with E-state index in [1.165, 1.54) is 11.3 Å². The maximum atomic E-state index is 12.3. The second-order valence-corrected chi connectivity index (χ2v) is 6.14. The molecule has 0 bridgehead atoms. The highest BCUT2D eigenvalue weighted by Crippen LogP contribution is 2.27. The Morgan fingerprint density at radius 3 is 2.36 bits per heavy atom. The van der Waals surface area contributed by atoms with Gasteiger partial charge in [0.05, 0.1) is 6.07 Å². The maximum Gasteiger partial charge on any atom is 0.191 e. The van der Waals surface area contributed by atoms with Gasteiger partial charge in [0.25, 0.3) is 0 Å². The lowest BCUT2D eigenvalue weighted by atomic mass is 9.97. The van der Waals surface area contributed by atoms with Crippen LogP contribution < -0.4 is 9.47 Å². The largest absolute Gasteiger partial charge is 0.486 e. The first kappa shape index (κ1) is 16.7. The first-order valence-electron chi connectivity index (χ1n) is 7.68. The minimum Gasteiger partial charge on any atom is -0.486 e. The molecular weight excluding hydrogens is 334 g/mol. The van der Waals surface area contributed by atoms with Crippen molar-refractivity contribution in [1.29, 1.82) is 5.26 Å². The molecule has 4 nitrogen and oxygen atoms in total. The fourth-order valence-electron chi connectivity index (χ4n) is 2.26. The number of nitrogens with zero attached hydrogens (tertiary/aromatic N) is 1. The number of thiophene rings is 1. The first-order chi connectivity index (χ1) is 12.3. The number of nitriles is 1. The van der Waals surface area contributed by atoms with E-state index in [2.05, 4.69) is 0 Å². The topological polar surface area (TPSA) is 59.3 Å². The monoisotopic (exact) mass is 349 g/mol. The Bertz CT molecular complexity index is 852. The average molecular weight is 349 g/mol. The summed E-state index contributed by atoms with van der Waals surface area (Å²) in [5.74, 6) is 0.159. The van der Waals surface area contributed by atoms with Gasteiger partial charge in [0.15, 0.2) is 10.8 Å². The lowest BCUT2D eigenvalue weighted by molar-refractivity contribution is -0.121. The zero-order valence-corrected chi connectivity index (χ0v) is 14.1. The number of rotatable bonds is 7. The van der Waals surface area contributed by atoms with Crippen LogP contribution in [-0.4, -0.2) is 12.4 Å². The molecule has 3 rings (SSSR count). The highest BCUT2D eigenvalue weighted by Gasteiger charge is 2.20. The quantitative estimate of drug-likeness (QED) is 0.615. The lowest BCUT2D eigenvalue weighted by Gasteiger charge is -2.10. The van der Waals surface area contributed by atoms with Crippen molar-refractivity contribution in [3.05, 3.63) is 77.7 Å². The van der Waals surface area contributed by atoms with Crippen molar-refractivity contribution in [3.8, 4) is 22.6 Å². The number of Topliss-reactive ketones (excluding diaryl/α,β-unsaturated/α-hetero) is 1. The van der Waals surface area contributed by atoms with Crippen molar-refractivity contribution in [3.63, 3.8) is 0 Å². The molecule has 0 radical (unpaired) electrons. The van der Waals surface area contributed by atoms with Gasteiger partial charge in [0.2, 0.25) is 0 Å². The van der Waals surface area contributed by atoms with E-state index in [4.69, 9.17) is 9.47 Å². The van der Waals surface area contributed by atoms with Gasteiger partial charge >= 0.3 is 0 Å². The van der Waals surface area contributed by atoms with Crippen molar-refractivity contribution in [2.45, 2.75) is 5.92 Å². The van der Waals surface area contributed by atoms with E-state index in [-0.39, 0.29) is 12.4 Å². The molecule has 0 aliphatic carbocycles. The number of ketones is 1. The molecular formula is C20H15NO3S. The Kier molecular flexibility index (Phi) is 5.45. The Hall–Kier alpha value is -3.10. The zero-order chi connectivity index (χ0) is 17.5. The van der Waals surface area contributed by atoms with Crippen LogP contribution in [0.25, 0.3) is 0 Å². The standard InChI is InChI=1S/C20H15NO3S/c21-13-18(15-5-2-1-3-6-15)19(22)14-23-16-8-10-17(11-9-16)24-20-7-4-12-25-20/h1-12,18H,14H2. The van der Waals surface area contributed by atoms with Gasteiger partial charge in [-0.3, -0.25) is 4.79 Å². The molecule has 1 atom stereocenters. The smallest absolute Gasteiger partial charge is 0.191 e. The maximum absolute atomic E-state index is 12.3. The molecule has 0 aliphatic rings. The summed E-state index contributed by atoms with van der Waals surface area (Å²) < 4.78 is 11.2. The Labute approximate surface area is 149 Å². The summed E-state index contributed by atoms with van der Waals surface area (Å²) in [7, 11) is 0. The Balaban J connectivity index is 1.57. The molecule has 0 amide bonds. The summed E-state index contributed by atoms with van der Waals surface area (Å²) in [5.41, 5.74) is 0.679. The van der Waals surface area contributed by atoms with E-state index in [0.29, 0.717) is 17.1 Å². The number of benzene rings is 2. The molecule has 0 N–H and O–H groups in total. The Morgan fingerprint density at radius 1 is 1.00 bits per heavy atom.